The Kier molecular flexibility index (Phi) is 6.06. The predicted molar refractivity (Wildman–Crippen MR) is 79.5 cm³/mol. The zero-order chi connectivity index (χ0) is 13.6. The second-order valence-electron chi connectivity index (χ2n) is 5.44. The molecule has 18 heavy (non-hydrogen) atoms. The standard InChI is InChI=1S/C14H26N2OS/c1-3-4-11-16(2)13(17)14(12(15)18)9-7-5-6-8-10-14/h3-11H2,1-2H3,(H2,15,18). The minimum atomic E-state index is -0.561. The van der Waals surface area contributed by atoms with E-state index in [0.29, 0.717) is 4.99 Å². The maximum atomic E-state index is 12.7. The molecule has 1 aliphatic rings. The SMILES string of the molecule is CCCCN(C)C(=O)C1(C(N)=S)CCCCCC1. The maximum absolute atomic E-state index is 12.7. The zero-order valence-corrected chi connectivity index (χ0v) is 12.5. The molecule has 3 nitrogen and oxygen atoms in total. The van der Waals surface area contributed by atoms with Gasteiger partial charge in [-0.3, -0.25) is 4.79 Å². The molecule has 0 radical (unpaired) electrons. The van der Waals surface area contributed by atoms with Gasteiger partial charge in [-0.1, -0.05) is 51.2 Å². The lowest BCUT2D eigenvalue weighted by Gasteiger charge is -2.34. The molecule has 0 saturated heterocycles. The van der Waals surface area contributed by atoms with Gasteiger partial charge in [0.1, 0.15) is 0 Å². The lowest BCUT2D eigenvalue weighted by atomic mass is 9.79. The fraction of sp³-hybridized carbons (Fsp3) is 0.857. The molecule has 0 unspecified atom stereocenters. The number of carbonyl (C=O) groups excluding carboxylic acids is 1. The number of hydrogen-bond donors (Lipinski definition) is 1. The Labute approximate surface area is 116 Å². The van der Waals surface area contributed by atoms with Crippen molar-refractivity contribution in [3.8, 4) is 0 Å². The van der Waals surface area contributed by atoms with Crippen LogP contribution in [0.2, 0.25) is 0 Å². The van der Waals surface area contributed by atoms with E-state index in [2.05, 4.69) is 6.92 Å². The van der Waals surface area contributed by atoms with Crippen LogP contribution in [0.4, 0.5) is 0 Å². The van der Waals surface area contributed by atoms with Crippen molar-refractivity contribution in [2.45, 2.75) is 58.3 Å². The summed E-state index contributed by atoms with van der Waals surface area (Å²) in [4.78, 5) is 14.9. The van der Waals surface area contributed by atoms with Crippen molar-refractivity contribution in [1.82, 2.24) is 4.90 Å². The molecule has 0 atom stereocenters. The average Bonchev–Trinajstić information content (AvgIpc) is 2.61. The quantitative estimate of drug-likeness (QED) is 0.617. The summed E-state index contributed by atoms with van der Waals surface area (Å²) in [6, 6.07) is 0. The van der Waals surface area contributed by atoms with Crippen LogP contribution in [-0.4, -0.2) is 29.4 Å². The van der Waals surface area contributed by atoms with Gasteiger partial charge in [-0.05, 0) is 19.3 Å². The molecule has 0 spiro atoms. The van der Waals surface area contributed by atoms with Crippen molar-refractivity contribution in [3.05, 3.63) is 0 Å². The van der Waals surface area contributed by atoms with E-state index in [1.807, 2.05) is 11.9 Å². The van der Waals surface area contributed by atoms with Gasteiger partial charge in [-0.2, -0.15) is 0 Å². The van der Waals surface area contributed by atoms with E-state index < -0.39 is 5.41 Å². The first kappa shape index (κ1) is 15.4. The fourth-order valence-corrected chi connectivity index (χ4v) is 3.05. The molecule has 1 saturated carbocycles. The van der Waals surface area contributed by atoms with Crippen molar-refractivity contribution in [2.75, 3.05) is 13.6 Å². The molecule has 104 valence electrons. The molecule has 1 fully saturated rings. The van der Waals surface area contributed by atoms with Crippen LogP contribution in [0.15, 0.2) is 0 Å². The molecule has 1 aliphatic carbocycles. The maximum Gasteiger partial charge on any atom is 0.235 e. The van der Waals surface area contributed by atoms with Crippen LogP contribution >= 0.6 is 12.2 Å². The smallest absolute Gasteiger partial charge is 0.235 e. The molecule has 1 rings (SSSR count). The van der Waals surface area contributed by atoms with Gasteiger partial charge in [0.25, 0.3) is 0 Å². The van der Waals surface area contributed by atoms with Crippen molar-refractivity contribution in [3.63, 3.8) is 0 Å². The highest BCUT2D eigenvalue weighted by Gasteiger charge is 2.42. The molecule has 4 heteroatoms. The van der Waals surface area contributed by atoms with Crippen LogP contribution in [0.25, 0.3) is 0 Å². The van der Waals surface area contributed by atoms with Gasteiger partial charge in [0.15, 0.2) is 0 Å². The van der Waals surface area contributed by atoms with Gasteiger partial charge in [0, 0.05) is 13.6 Å². The Balaban J connectivity index is 2.82. The molecule has 0 aromatic carbocycles. The Bertz CT molecular complexity index is 296. The minimum absolute atomic E-state index is 0.144. The summed E-state index contributed by atoms with van der Waals surface area (Å²) in [5, 5.41) is 0. The van der Waals surface area contributed by atoms with E-state index in [1.165, 1.54) is 12.8 Å². The van der Waals surface area contributed by atoms with Crippen molar-refractivity contribution in [1.29, 1.82) is 0 Å². The Morgan fingerprint density at radius 1 is 1.28 bits per heavy atom. The van der Waals surface area contributed by atoms with Crippen LogP contribution in [-0.2, 0) is 4.79 Å². The highest BCUT2D eigenvalue weighted by atomic mass is 32.1. The Hall–Kier alpha value is -0.640. The molecular formula is C14H26N2OS. The molecule has 0 aromatic rings. The van der Waals surface area contributed by atoms with Crippen molar-refractivity contribution < 1.29 is 4.79 Å². The summed E-state index contributed by atoms with van der Waals surface area (Å²) < 4.78 is 0. The monoisotopic (exact) mass is 270 g/mol. The zero-order valence-electron chi connectivity index (χ0n) is 11.7. The number of nitrogens with zero attached hydrogens (tertiary/aromatic N) is 1. The fourth-order valence-electron chi connectivity index (χ4n) is 2.76. The first-order valence-electron chi connectivity index (χ1n) is 7.10. The Morgan fingerprint density at radius 3 is 2.28 bits per heavy atom. The molecule has 0 aromatic heterocycles. The third kappa shape index (κ3) is 3.44. The largest absolute Gasteiger partial charge is 0.392 e. The summed E-state index contributed by atoms with van der Waals surface area (Å²) in [5.74, 6) is 0.144. The van der Waals surface area contributed by atoms with E-state index in [0.717, 1.165) is 45.1 Å². The van der Waals surface area contributed by atoms with Gasteiger partial charge in [-0.25, -0.2) is 0 Å². The predicted octanol–water partition coefficient (Wildman–Crippen LogP) is 2.87. The second kappa shape index (κ2) is 7.07. The number of hydrogen-bond acceptors (Lipinski definition) is 2. The second-order valence-corrected chi connectivity index (χ2v) is 5.88. The van der Waals surface area contributed by atoms with Gasteiger partial charge < -0.3 is 10.6 Å². The lowest BCUT2D eigenvalue weighted by molar-refractivity contribution is -0.137. The molecule has 0 aliphatic heterocycles. The number of thiocarbonyl (C=S) groups is 1. The van der Waals surface area contributed by atoms with E-state index in [-0.39, 0.29) is 5.91 Å². The number of nitrogens with two attached hydrogens (primary N) is 1. The first-order chi connectivity index (χ1) is 8.54. The number of rotatable bonds is 5. The first-order valence-corrected chi connectivity index (χ1v) is 7.51. The Morgan fingerprint density at radius 2 is 1.83 bits per heavy atom. The van der Waals surface area contributed by atoms with Gasteiger partial charge in [0.05, 0.1) is 10.4 Å². The van der Waals surface area contributed by atoms with Gasteiger partial charge in [0.2, 0.25) is 5.91 Å². The average molecular weight is 270 g/mol. The van der Waals surface area contributed by atoms with E-state index in [1.54, 1.807) is 0 Å². The third-order valence-electron chi connectivity index (χ3n) is 4.03. The summed E-state index contributed by atoms with van der Waals surface area (Å²) in [5.41, 5.74) is 5.36. The highest BCUT2D eigenvalue weighted by molar-refractivity contribution is 7.80. The van der Waals surface area contributed by atoms with Crippen LogP contribution in [0.5, 0.6) is 0 Å². The summed E-state index contributed by atoms with van der Waals surface area (Å²) >= 11 is 5.23. The van der Waals surface area contributed by atoms with Crippen LogP contribution in [0.3, 0.4) is 0 Å². The van der Waals surface area contributed by atoms with E-state index >= 15 is 0 Å². The summed E-state index contributed by atoms with van der Waals surface area (Å²) in [6.07, 6.45) is 8.30. The van der Waals surface area contributed by atoms with Gasteiger partial charge in [-0.15, -0.1) is 0 Å². The number of amides is 1. The van der Waals surface area contributed by atoms with Crippen LogP contribution in [0, 0.1) is 5.41 Å². The molecular weight excluding hydrogens is 244 g/mol. The van der Waals surface area contributed by atoms with Crippen molar-refractivity contribution in [2.24, 2.45) is 11.1 Å². The van der Waals surface area contributed by atoms with Crippen molar-refractivity contribution >= 4 is 23.1 Å². The molecule has 0 bridgehead atoms. The van der Waals surface area contributed by atoms with E-state index in [4.69, 9.17) is 18.0 Å². The lowest BCUT2D eigenvalue weighted by Crippen LogP contribution is -2.49. The highest BCUT2D eigenvalue weighted by Crippen LogP contribution is 2.37. The van der Waals surface area contributed by atoms with E-state index in [9.17, 15) is 4.79 Å². The van der Waals surface area contributed by atoms with Crippen LogP contribution < -0.4 is 5.73 Å². The third-order valence-corrected chi connectivity index (χ3v) is 4.42. The minimum Gasteiger partial charge on any atom is -0.392 e. The molecule has 1 amide bonds. The number of carbonyl (C=O) groups is 1. The molecule has 0 heterocycles. The number of unbranched alkanes of at least 4 members (excludes halogenated alkanes) is 1. The summed E-state index contributed by atoms with van der Waals surface area (Å²) in [7, 11) is 1.88. The van der Waals surface area contributed by atoms with Gasteiger partial charge >= 0.3 is 0 Å². The molecule has 2 N–H and O–H groups in total. The van der Waals surface area contributed by atoms with Crippen LogP contribution in [0.1, 0.15) is 58.3 Å². The topological polar surface area (TPSA) is 46.3 Å². The normalized spacial score (nSPS) is 19.0. The summed E-state index contributed by atoms with van der Waals surface area (Å²) in [6.45, 7) is 2.94.